The quantitative estimate of drug-likeness (QED) is 0.837. The number of carbonyl (C=O) groups is 1. The van der Waals surface area contributed by atoms with Gasteiger partial charge in [0, 0.05) is 0 Å². The fourth-order valence-electron chi connectivity index (χ4n) is 2.10. The predicted molar refractivity (Wildman–Crippen MR) is 76.1 cm³/mol. The molecule has 0 saturated heterocycles. The van der Waals surface area contributed by atoms with Crippen molar-refractivity contribution in [1.82, 2.24) is 4.90 Å². The van der Waals surface area contributed by atoms with E-state index in [0.29, 0.717) is 30.3 Å². The molecule has 0 unspecified atom stereocenters. The highest BCUT2D eigenvalue weighted by molar-refractivity contribution is 6.32. The van der Waals surface area contributed by atoms with E-state index in [2.05, 4.69) is 0 Å². The Morgan fingerprint density at radius 1 is 1.42 bits per heavy atom. The number of methoxy groups -OCH3 is 1. The minimum Gasteiger partial charge on any atom is -0.495 e. The second-order valence-electron chi connectivity index (χ2n) is 4.25. The van der Waals surface area contributed by atoms with Crippen molar-refractivity contribution >= 4 is 17.6 Å². The van der Waals surface area contributed by atoms with E-state index in [-0.39, 0.29) is 0 Å². The van der Waals surface area contributed by atoms with Gasteiger partial charge in [-0.05, 0) is 37.2 Å². The highest BCUT2D eigenvalue weighted by atomic mass is 35.5. The van der Waals surface area contributed by atoms with E-state index in [1.807, 2.05) is 24.8 Å². The highest BCUT2D eigenvalue weighted by Crippen LogP contribution is 2.25. The molecule has 0 amide bonds. The first-order valence-electron chi connectivity index (χ1n) is 6.32. The maximum absolute atomic E-state index is 11.4. The lowest BCUT2D eigenvalue weighted by Crippen LogP contribution is -2.42. The van der Waals surface area contributed by atoms with Crippen molar-refractivity contribution in [3.05, 3.63) is 28.8 Å². The van der Waals surface area contributed by atoms with Crippen LogP contribution in [-0.4, -0.2) is 42.2 Å². The Kier molecular flexibility index (Phi) is 6.12. The van der Waals surface area contributed by atoms with Crippen LogP contribution in [-0.2, 0) is 11.2 Å². The molecule has 0 radical (unpaired) electrons. The summed E-state index contributed by atoms with van der Waals surface area (Å²) in [5, 5.41) is 9.84. The molecule has 0 saturated carbocycles. The molecule has 0 heterocycles. The number of hydrogen-bond donors (Lipinski definition) is 1. The molecule has 0 bridgehead atoms. The van der Waals surface area contributed by atoms with E-state index >= 15 is 0 Å². The van der Waals surface area contributed by atoms with Crippen LogP contribution in [0.15, 0.2) is 18.2 Å². The molecule has 1 rings (SSSR count). The van der Waals surface area contributed by atoms with Gasteiger partial charge in [0.05, 0.1) is 12.1 Å². The molecule has 0 aliphatic heterocycles. The standard InChI is InChI=1S/C14H20ClNO3/c1-4-16(5-2)12(14(17)18)9-10-6-7-13(19-3)11(15)8-10/h6-8,12H,4-5,9H2,1-3H3,(H,17,18)/t12-/m1/s1. The normalized spacial score (nSPS) is 12.5. The van der Waals surface area contributed by atoms with Crippen LogP contribution < -0.4 is 4.74 Å². The van der Waals surface area contributed by atoms with Crippen molar-refractivity contribution < 1.29 is 14.6 Å². The van der Waals surface area contributed by atoms with Crippen molar-refractivity contribution in [1.29, 1.82) is 0 Å². The molecule has 0 fully saturated rings. The number of rotatable bonds is 7. The average Bonchev–Trinajstić information content (AvgIpc) is 2.39. The van der Waals surface area contributed by atoms with Gasteiger partial charge >= 0.3 is 5.97 Å². The molecular weight excluding hydrogens is 266 g/mol. The smallest absolute Gasteiger partial charge is 0.321 e. The fraction of sp³-hybridized carbons (Fsp3) is 0.500. The number of benzene rings is 1. The number of nitrogens with zero attached hydrogens (tertiary/aromatic N) is 1. The zero-order valence-corrected chi connectivity index (χ0v) is 12.3. The van der Waals surface area contributed by atoms with Crippen molar-refractivity contribution in [3.63, 3.8) is 0 Å². The van der Waals surface area contributed by atoms with Crippen molar-refractivity contribution in [2.75, 3.05) is 20.2 Å². The van der Waals surface area contributed by atoms with Crippen molar-refractivity contribution in [3.8, 4) is 5.75 Å². The zero-order chi connectivity index (χ0) is 14.4. The second kappa shape index (κ2) is 7.36. The third-order valence-electron chi connectivity index (χ3n) is 3.18. The average molecular weight is 286 g/mol. The van der Waals surface area contributed by atoms with Crippen LogP contribution >= 0.6 is 11.6 Å². The lowest BCUT2D eigenvalue weighted by molar-refractivity contribution is -0.143. The Bertz CT molecular complexity index is 433. The van der Waals surface area contributed by atoms with Gasteiger partial charge in [0.25, 0.3) is 0 Å². The van der Waals surface area contributed by atoms with Crippen LogP contribution in [0, 0.1) is 0 Å². The number of aliphatic carboxylic acids is 1. The van der Waals surface area contributed by atoms with Gasteiger partial charge in [0.15, 0.2) is 0 Å². The number of hydrogen-bond acceptors (Lipinski definition) is 3. The highest BCUT2D eigenvalue weighted by Gasteiger charge is 2.23. The van der Waals surface area contributed by atoms with Gasteiger partial charge in [-0.25, -0.2) is 0 Å². The minimum absolute atomic E-state index is 0.431. The summed E-state index contributed by atoms with van der Waals surface area (Å²) in [4.78, 5) is 13.3. The number of likely N-dealkylation sites (N-methyl/N-ethyl adjacent to an activating group) is 1. The molecule has 1 atom stereocenters. The Balaban J connectivity index is 2.90. The monoisotopic (exact) mass is 285 g/mol. The van der Waals surface area contributed by atoms with Gasteiger partial charge in [-0.2, -0.15) is 0 Å². The van der Waals surface area contributed by atoms with Crippen molar-refractivity contribution in [2.24, 2.45) is 0 Å². The molecule has 19 heavy (non-hydrogen) atoms. The lowest BCUT2D eigenvalue weighted by atomic mass is 10.0. The van der Waals surface area contributed by atoms with E-state index in [1.54, 1.807) is 19.2 Å². The third kappa shape index (κ3) is 4.11. The maximum Gasteiger partial charge on any atom is 0.321 e. The van der Waals surface area contributed by atoms with Gasteiger partial charge in [-0.1, -0.05) is 31.5 Å². The molecule has 0 aromatic heterocycles. The number of ether oxygens (including phenoxy) is 1. The molecule has 5 heteroatoms. The summed E-state index contributed by atoms with van der Waals surface area (Å²) >= 11 is 6.05. The molecule has 106 valence electrons. The van der Waals surface area contributed by atoms with E-state index in [4.69, 9.17) is 16.3 Å². The molecule has 4 nitrogen and oxygen atoms in total. The molecule has 0 aliphatic rings. The van der Waals surface area contributed by atoms with Crippen LogP contribution in [0.2, 0.25) is 5.02 Å². The first-order chi connectivity index (χ1) is 9.03. The molecular formula is C14H20ClNO3. The van der Waals surface area contributed by atoms with E-state index in [9.17, 15) is 9.90 Å². The Morgan fingerprint density at radius 3 is 2.47 bits per heavy atom. The summed E-state index contributed by atoms with van der Waals surface area (Å²) in [5.74, 6) is -0.212. The molecule has 1 N–H and O–H groups in total. The molecule has 1 aromatic carbocycles. The SMILES string of the molecule is CCN(CC)[C@H](Cc1ccc(OC)c(Cl)c1)C(=O)O. The van der Waals surface area contributed by atoms with E-state index < -0.39 is 12.0 Å². The fourth-order valence-corrected chi connectivity index (χ4v) is 2.38. The largest absolute Gasteiger partial charge is 0.495 e. The van der Waals surface area contributed by atoms with Crippen LogP contribution in [0.1, 0.15) is 19.4 Å². The summed E-state index contributed by atoms with van der Waals surface area (Å²) in [5.41, 5.74) is 0.894. The topological polar surface area (TPSA) is 49.8 Å². The molecule has 1 aromatic rings. The van der Waals surface area contributed by atoms with Crippen LogP contribution in [0.25, 0.3) is 0 Å². The number of carboxylic acids is 1. The first-order valence-corrected chi connectivity index (χ1v) is 6.70. The summed E-state index contributed by atoms with van der Waals surface area (Å²) in [7, 11) is 1.55. The summed E-state index contributed by atoms with van der Waals surface area (Å²) in [6.45, 7) is 5.33. The van der Waals surface area contributed by atoms with E-state index in [1.165, 1.54) is 0 Å². The van der Waals surface area contributed by atoms with Gasteiger partial charge in [0.1, 0.15) is 11.8 Å². The Labute approximate surface area is 118 Å². The Hall–Kier alpha value is -1.26. The van der Waals surface area contributed by atoms with Crippen LogP contribution in [0.5, 0.6) is 5.75 Å². The van der Waals surface area contributed by atoms with E-state index in [0.717, 1.165) is 5.56 Å². The third-order valence-corrected chi connectivity index (χ3v) is 3.48. The van der Waals surface area contributed by atoms with Crippen LogP contribution in [0.4, 0.5) is 0 Å². The summed E-state index contributed by atoms with van der Waals surface area (Å²) in [6, 6.07) is 4.85. The second-order valence-corrected chi connectivity index (χ2v) is 4.66. The van der Waals surface area contributed by atoms with Gasteiger partial charge in [-0.15, -0.1) is 0 Å². The molecule has 0 spiro atoms. The Morgan fingerprint density at radius 2 is 2.05 bits per heavy atom. The van der Waals surface area contributed by atoms with Crippen molar-refractivity contribution in [2.45, 2.75) is 26.3 Å². The molecule has 0 aliphatic carbocycles. The van der Waals surface area contributed by atoms with Gasteiger partial charge in [0.2, 0.25) is 0 Å². The summed E-state index contributed by atoms with van der Waals surface area (Å²) < 4.78 is 5.08. The van der Waals surface area contributed by atoms with Gasteiger partial charge < -0.3 is 9.84 Å². The number of halogens is 1. The van der Waals surface area contributed by atoms with Gasteiger partial charge in [-0.3, -0.25) is 9.69 Å². The van der Waals surface area contributed by atoms with Crippen LogP contribution in [0.3, 0.4) is 0 Å². The predicted octanol–water partition coefficient (Wildman–Crippen LogP) is 2.69. The maximum atomic E-state index is 11.4. The number of carboxylic acid groups (broad SMARTS) is 1. The zero-order valence-electron chi connectivity index (χ0n) is 11.5. The lowest BCUT2D eigenvalue weighted by Gasteiger charge is -2.26. The summed E-state index contributed by atoms with van der Waals surface area (Å²) in [6.07, 6.45) is 0.431. The first kappa shape index (κ1) is 15.8. The minimum atomic E-state index is -0.810.